The summed E-state index contributed by atoms with van der Waals surface area (Å²) >= 11 is 1.58. The van der Waals surface area contributed by atoms with Gasteiger partial charge in [0.05, 0.1) is 17.7 Å². The zero-order valence-electron chi connectivity index (χ0n) is 12.2. The Balaban J connectivity index is 0.00000110. The number of hydrogen-bond donors (Lipinski definition) is 1. The molecule has 0 aliphatic carbocycles. The monoisotopic (exact) mass is 351 g/mol. The van der Waals surface area contributed by atoms with Crippen molar-refractivity contribution in [1.82, 2.24) is 15.2 Å². The van der Waals surface area contributed by atoms with Crippen LogP contribution in [0.25, 0.3) is 0 Å². The molecule has 3 rings (SSSR count). The zero-order chi connectivity index (χ0) is 13.2. The average Bonchev–Trinajstić information content (AvgIpc) is 2.99. The van der Waals surface area contributed by atoms with Crippen LogP contribution < -0.4 is 5.32 Å². The lowest BCUT2D eigenvalue weighted by Crippen LogP contribution is -2.39. The summed E-state index contributed by atoms with van der Waals surface area (Å²) in [7, 11) is 1.89. The number of halogens is 2. The smallest absolute Gasteiger partial charge is 0.222 e. The van der Waals surface area contributed by atoms with Crippen molar-refractivity contribution in [1.29, 1.82) is 0 Å². The van der Waals surface area contributed by atoms with Crippen molar-refractivity contribution in [3.05, 3.63) is 16.6 Å². The molecule has 3 heterocycles. The summed E-state index contributed by atoms with van der Waals surface area (Å²) in [5.41, 5.74) is 2.81. The lowest BCUT2D eigenvalue weighted by atomic mass is 9.89. The topological polar surface area (TPSA) is 45.2 Å². The van der Waals surface area contributed by atoms with Gasteiger partial charge in [0.2, 0.25) is 5.91 Å². The van der Waals surface area contributed by atoms with E-state index < -0.39 is 0 Å². The number of rotatable bonds is 4. The summed E-state index contributed by atoms with van der Waals surface area (Å²) in [6, 6.07) is 1.33. The number of carbonyl (C=O) groups excluding carboxylic acids is 1. The van der Waals surface area contributed by atoms with E-state index in [1.165, 1.54) is 25.7 Å². The third-order valence-corrected chi connectivity index (χ3v) is 4.98. The van der Waals surface area contributed by atoms with Gasteiger partial charge in [-0.05, 0) is 31.6 Å². The third-order valence-electron chi connectivity index (χ3n) is 4.34. The fraction of sp³-hybridized carbons (Fsp3) is 0.714. The zero-order valence-corrected chi connectivity index (χ0v) is 14.6. The number of thiazole rings is 1. The number of piperidine rings is 1. The first-order valence-corrected chi connectivity index (χ1v) is 8.02. The number of nitrogens with zero attached hydrogens (tertiary/aromatic N) is 2. The summed E-state index contributed by atoms with van der Waals surface area (Å²) in [5, 5.41) is 5.63. The standard InChI is InChI=1S/C14H21N3OS.2ClH/c1-17(7-13-8-19-9-15-13)14(18)6-10-4-11-2-3-12(5-10)16-11;;/h8-12,16H,2-7H2,1H3;2*1H. The Kier molecular flexibility index (Phi) is 7.40. The highest BCUT2D eigenvalue weighted by Crippen LogP contribution is 2.32. The summed E-state index contributed by atoms with van der Waals surface area (Å²) in [4.78, 5) is 18.3. The Bertz CT molecular complexity index is 431. The van der Waals surface area contributed by atoms with E-state index >= 15 is 0 Å². The fourth-order valence-corrected chi connectivity index (χ4v) is 3.94. The van der Waals surface area contributed by atoms with Crippen molar-refractivity contribution in [2.75, 3.05) is 7.05 Å². The maximum atomic E-state index is 12.3. The van der Waals surface area contributed by atoms with Crippen molar-refractivity contribution in [2.45, 2.75) is 50.7 Å². The first-order chi connectivity index (χ1) is 9.20. The summed E-state index contributed by atoms with van der Waals surface area (Å²) < 4.78 is 0. The SMILES string of the molecule is CN(Cc1cscn1)C(=O)CC1CC2CCC(C1)N2.Cl.Cl. The molecular formula is C14H23Cl2N3OS. The van der Waals surface area contributed by atoms with Gasteiger partial charge in [0, 0.05) is 30.9 Å². The highest BCUT2D eigenvalue weighted by atomic mass is 35.5. The highest BCUT2D eigenvalue weighted by molar-refractivity contribution is 7.07. The van der Waals surface area contributed by atoms with Gasteiger partial charge in [-0.3, -0.25) is 4.79 Å². The molecule has 1 amide bonds. The number of hydrogen-bond acceptors (Lipinski definition) is 4. The molecule has 2 aliphatic heterocycles. The summed E-state index contributed by atoms with van der Waals surface area (Å²) in [6.45, 7) is 0.639. The molecule has 4 nitrogen and oxygen atoms in total. The van der Waals surface area contributed by atoms with Gasteiger partial charge in [0.1, 0.15) is 0 Å². The van der Waals surface area contributed by atoms with Crippen LogP contribution in [0.15, 0.2) is 10.9 Å². The predicted molar refractivity (Wildman–Crippen MR) is 90.4 cm³/mol. The molecule has 2 bridgehead atoms. The molecule has 21 heavy (non-hydrogen) atoms. The molecule has 2 unspecified atom stereocenters. The number of fused-ring (bicyclic) bond motifs is 2. The van der Waals surface area contributed by atoms with Crippen molar-refractivity contribution in [3.8, 4) is 0 Å². The second-order valence-electron chi connectivity index (χ2n) is 5.91. The molecule has 0 aromatic carbocycles. The van der Waals surface area contributed by atoms with Crippen LogP contribution in [0.5, 0.6) is 0 Å². The molecule has 7 heteroatoms. The number of aromatic nitrogens is 1. The maximum Gasteiger partial charge on any atom is 0.222 e. The lowest BCUT2D eigenvalue weighted by Gasteiger charge is -2.29. The van der Waals surface area contributed by atoms with E-state index in [0.29, 0.717) is 31.0 Å². The van der Waals surface area contributed by atoms with E-state index in [2.05, 4.69) is 10.3 Å². The van der Waals surface area contributed by atoms with Crippen molar-refractivity contribution < 1.29 is 4.79 Å². The van der Waals surface area contributed by atoms with Crippen LogP contribution in [0, 0.1) is 5.92 Å². The first-order valence-electron chi connectivity index (χ1n) is 7.08. The van der Waals surface area contributed by atoms with Crippen molar-refractivity contribution in [3.63, 3.8) is 0 Å². The number of amides is 1. The van der Waals surface area contributed by atoms with Gasteiger partial charge in [-0.25, -0.2) is 4.98 Å². The van der Waals surface area contributed by atoms with E-state index in [0.717, 1.165) is 5.69 Å². The van der Waals surface area contributed by atoms with Gasteiger partial charge in [-0.2, -0.15) is 0 Å². The van der Waals surface area contributed by atoms with E-state index in [9.17, 15) is 4.79 Å². The highest BCUT2D eigenvalue weighted by Gasteiger charge is 2.34. The molecule has 1 aromatic rings. The Morgan fingerprint density at radius 2 is 2.05 bits per heavy atom. The van der Waals surface area contributed by atoms with E-state index in [1.54, 1.807) is 11.3 Å². The van der Waals surface area contributed by atoms with Crippen LogP contribution >= 0.6 is 36.2 Å². The van der Waals surface area contributed by atoms with Crippen LogP contribution in [0.3, 0.4) is 0 Å². The molecular weight excluding hydrogens is 329 g/mol. The predicted octanol–water partition coefficient (Wildman–Crippen LogP) is 2.87. The van der Waals surface area contributed by atoms with Gasteiger partial charge >= 0.3 is 0 Å². The lowest BCUT2D eigenvalue weighted by molar-refractivity contribution is -0.131. The average molecular weight is 352 g/mol. The van der Waals surface area contributed by atoms with Gasteiger partial charge in [-0.15, -0.1) is 36.2 Å². The summed E-state index contributed by atoms with van der Waals surface area (Å²) in [6.07, 6.45) is 5.64. The van der Waals surface area contributed by atoms with Crippen LogP contribution in [0.2, 0.25) is 0 Å². The van der Waals surface area contributed by atoms with Crippen LogP contribution in [-0.4, -0.2) is 34.9 Å². The number of nitrogens with one attached hydrogen (secondary N) is 1. The van der Waals surface area contributed by atoms with Crippen LogP contribution in [-0.2, 0) is 11.3 Å². The Labute approximate surface area is 142 Å². The normalized spacial score (nSPS) is 26.6. The van der Waals surface area contributed by atoms with Crippen molar-refractivity contribution in [2.24, 2.45) is 5.92 Å². The van der Waals surface area contributed by atoms with Crippen molar-refractivity contribution >= 4 is 42.1 Å². The molecule has 0 radical (unpaired) electrons. The quantitative estimate of drug-likeness (QED) is 0.906. The second-order valence-corrected chi connectivity index (χ2v) is 6.63. The molecule has 1 N–H and O–H groups in total. The third kappa shape index (κ3) is 4.81. The Hall–Kier alpha value is -0.360. The minimum atomic E-state index is 0. The van der Waals surface area contributed by atoms with E-state index in [4.69, 9.17) is 0 Å². The van der Waals surface area contributed by atoms with Crippen LogP contribution in [0.4, 0.5) is 0 Å². The minimum Gasteiger partial charge on any atom is -0.340 e. The van der Waals surface area contributed by atoms with Gasteiger partial charge in [0.25, 0.3) is 0 Å². The molecule has 2 fully saturated rings. The second kappa shape index (κ2) is 8.32. The molecule has 2 saturated heterocycles. The van der Waals surface area contributed by atoms with Gasteiger partial charge in [-0.1, -0.05) is 0 Å². The van der Waals surface area contributed by atoms with Crippen LogP contribution in [0.1, 0.15) is 37.8 Å². The van der Waals surface area contributed by atoms with E-state index in [-0.39, 0.29) is 30.7 Å². The maximum absolute atomic E-state index is 12.3. The minimum absolute atomic E-state index is 0. The van der Waals surface area contributed by atoms with E-state index in [1.807, 2.05) is 22.8 Å². The molecule has 0 spiro atoms. The molecule has 0 saturated carbocycles. The molecule has 120 valence electrons. The number of carbonyl (C=O) groups is 1. The Morgan fingerprint density at radius 1 is 1.38 bits per heavy atom. The Morgan fingerprint density at radius 3 is 2.62 bits per heavy atom. The molecule has 2 atom stereocenters. The van der Waals surface area contributed by atoms with Gasteiger partial charge in [0.15, 0.2) is 0 Å². The molecule has 1 aromatic heterocycles. The fourth-order valence-electron chi connectivity index (χ4n) is 3.39. The molecule has 2 aliphatic rings. The summed E-state index contributed by atoms with van der Waals surface area (Å²) in [5.74, 6) is 0.837. The van der Waals surface area contributed by atoms with Gasteiger partial charge < -0.3 is 10.2 Å². The largest absolute Gasteiger partial charge is 0.340 e. The first kappa shape index (κ1) is 18.7.